The van der Waals surface area contributed by atoms with Crippen molar-refractivity contribution in [3.8, 4) is 0 Å². The van der Waals surface area contributed by atoms with E-state index in [1.807, 2.05) is 36.1 Å². The van der Waals surface area contributed by atoms with Crippen LogP contribution in [0.1, 0.15) is 19.4 Å². The van der Waals surface area contributed by atoms with Crippen molar-refractivity contribution in [1.82, 2.24) is 9.21 Å². The molecule has 1 N–H and O–H groups in total. The van der Waals surface area contributed by atoms with Crippen molar-refractivity contribution in [2.45, 2.75) is 31.2 Å². The molecule has 0 aromatic heterocycles. The van der Waals surface area contributed by atoms with E-state index in [4.69, 9.17) is 0 Å². The number of hydrogen-bond donors (Lipinski definition) is 1. The lowest BCUT2D eigenvalue weighted by atomic mass is 10.1. The van der Waals surface area contributed by atoms with Gasteiger partial charge in [0.1, 0.15) is 5.82 Å². The molecule has 1 amide bonds. The summed E-state index contributed by atoms with van der Waals surface area (Å²) < 4.78 is 40.2. The third-order valence-electron chi connectivity index (χ3n) is 5.26. The quantitative estimate of drug-likeness (QED) is 0.782. The Kier molecular flexibility index (Phi) is 6.66. The van der Waals surface area contributed by atoms with Crippen molar-refractivity contribution in [1.29, 1.82) is 0 Å². The summed E-state index contributed by atoms with van der Waals surface area (Å²) in [4.78, 5) is 14.5. The van der Waals surface area contributed by atoms with E-state index >= 15 is 0 Å². The maximum absolute atomic E-state index is 13.4. The van der Waals surface area contributed by atoms with Gasteiger partial charge < -0.3 is 5.32 Å². The lowest BCUT2D eigenvalue weighted by Crippen LogP contribution is -2.53. The largest absolute Gasteiger partial charge is 0.325 e. The number of carbonyl (C=O) groups is 1. The van der Waals surface area contributed by atoms with Gasteiger partial charge in [-0.25, -0.2) is 12.8 Å². The molecule has 1 atom stereocenters. The van der Waals surface area contributed by atoms with Crippen LogP contribution in [0.25, 0.3) is 0 Å². The van der Waals surface area contributed by atoms with Gasteiger partial charge >= 0.3 is 0 Å². The molecule has 1 unspecified atom stereocenters. The standard InChI is InChI=1S/C21H26FN3O3S/c1-3-17-7-9-19(10-8-17)23-21(26)16(2)24-11-13-25(14-12-24)29(27,28)20-6-4-5-18(22)15-20/h4-10,15-16H,3,11-14H2,1-2H3,(H,23,26). The Morgan fingerprint density at radius 1 is 1.10 bits per heavy atom. The van der Waals surface area contributed by atoms with Gasteiger partial charge in [0.2, 0.25) is 15.9 Å². The van der Waals surface area contributed by atoms with E-state index in [0.717, 1.165) is 18.2 Å². The van der Waals surface area contributed by atoms with Crippen LogP contribution in [0.2, 0.25) is 0 Å². The van der Waals surface area contributed by atoms with Crippen LogP contribution < -0.4 is 5.32 Å². The summed E-state index contributed by atoms with van der Waals surface area (Å²) in [5.74, 6) is -0.711. The number of nitrogens with one attached hydrogen (secondary N) is 1. The highest BCUT2D eigenvalue weighted by molar-refractivity contribution is 7.89. The van der Waals surface area contributed by atoms with Crippen molar-refractivity contribution < 1.29 is 17.6 Å². The maximum Gasteiger partial charge on any atom is 0.243 e. The van der Waals surface area contributed by atoms with E-state index < -0.39 is 15.8 Å². The number of amides is 1. The van der Waals surface area contributed by atoms with Gasteiger partial charge in [0.15, 0.2) is 0 Å². The molecule has 29 heavy (non-hydrogen) atoms. The molecule has 2 aromatic rings. The van der Waals surface area contributed by atoms with Crippen LogP contribution in [0.15, 0.2) is 53.4 Å². The van der Waals surface area contributed by atoms with Crippen molar-refractivity contribution in [3.05, 3.63) is 59.9 Å². The average molecular weight is 420 g/mol. The van der Waals surface area contributed by atoms with E-state index in [0.29, 0.717) is 13.1 Å². The second-order valence-corrected chi connectivity index (χ2v) is 9.05. The molecule has 1 aliphatic rings. The topological polar surface area (TPSA) is 69.7 Å². The SMILES string of the molecule is CCc1ccc(NC(=O)C(C)N2CCN(S(=O)(=O)c3cccc(F)c3)CC2)cc1. The Morgan fingerprint density at radius 3 is 2.34 bits per heavy atom. The first kappa shape index (κ1) is 21.4. The van der Waals surface area contributed by atoms with Gasteiger partial charge in [0.25, 0.3) is 0 Å². The minimum absolute atomic E-state index is 0.0488. The number of anilines is 1. The van der Waals surface area contributed by atoms with Gasteiger partial charge in [0, 0.05) is 31.9 Å². The van der Waals surface area contributed by atoms with E-state index in [1.165, 1.54) is 28.1 Å². The van der Waals surface area contributed by atoms with E-state index in [2.05, 4.69) is 12.2 Å². The zero-order valence-electron chi connectivity index (χ0n) is 16.6. The fourth-order valence-corrected chi connectivity index (χ4v) is 4.80. The second-order valence-electron chi connectivity index (χ2n) is 7.11. The minimum Gasteiger partial charge on any atom is -0.325 e. The number of piperazine rings is 1. The predicted molar refractivity (Wildman–Crippen MR) is 111 cm³/mol. The highest BCUT2D eigenvalue weighted by Gasteiger charge is 2.32. The number of benzene rings is 2. The van der Waals surface area contributed by atoms with Gasteiger partial charge in [-0.15, -0.1) is 0 Å². The smallest absolute Gasteiger partial charge is 0.243 e. The molecule has 3 rings (SSSR count). The van der Waals surface area contributed by atoms with Crippen molar-refractivity contribution in [2.24, 2.45) is 0 Å². The molecular formula is C21H26FN3O3S. The number of aryl methyl sites for hydroxylation is 1. The number of sulfonamides is 1. The maximum atomic E-state index is 13.4. The molecular weight excluding hydrogens is 393 g/mol. The molecule has 1 fully saturated rings. The first-order valence-electron chi connectivity index (χ1n) is 9.71. The Bertz CT molecular complexity index is 955. The second kappa shape index (κ2) is 9.02. The molecule has 0 radical (unpaired) electrons. The van der Waals surface area contributed by atoms with E-state index in [1.54, 1.807) is 0 Å². The van der Waals surface area contributed by atoms with Crippen LogP contribution in [0.3, 0.4) is 0 Å². The highest BCUT2D eigenvalue weighted by atomic mass is 32.2. The van der Waals surface area contributed by atoms with Gasteiger partial charge in [-0.1, -0.05) is 25.1 Å². The monoisotopic (exact) mass is 419 g/mol. The molecule has 1 aliphatic heterocycles. The number of carbonyl (C=O) groups excluding carboxylic acids is 1. The zero-order valence-corrected chi connectivity index (χ0v) is 17.5. The molecule has 0 spiro atoms. The fraction of sp³-hybridized carbons (Fsp3) is 0.381. The number of nitrogens with zero attached hydrogens (tertiary/aromatic N) is 2. The number of hydrogen-bond acceptors (Lipinski definition) is 4. The third-order valence-corrected chi connectivity index (χ3v) is 7.16. The normalized spacial score (nSPS) is 17.1. The van der Waals surface area contributed by atoms with Gasteiger partial charge in [-0.2, -0.15) is 4.31 Å². The summed E-state index contributed by atoms with van der Waals surface area (Å²) in [6.45, 7) is 5.25. The number of halogens is 1. The first-order chi connectivity index (χ1) is 13.8. The predicted octanol–water partition coefficient (Wildman–Crippen LogP) is 2.72. The molecule has 6 nitrogen and oxygen atoms in total. The van der Waals surface area contributed by atoms with Crippen LogP contribution in [-0.4, -0.2) is 55.8 Å². The molecule has 0 bridgehead atoms. The third kappa shape index (κ3) is 5.01. The van der Waals surface area contributed by atoms with E-state index in [9.17, 15) is 17.6 Å². The van der Waals surface area contributed by atoms with Gasteiger partial charge in [0.05, 0.1) is 10.9 Å². The molecule has 8 heteroatoms. The zero-order chi connectivity index (χ0) is 21.0. The Balaban J connectivity index is 1.58. The summed E-state index contributed by atoms with van der Waals surface area (Å²) in [6.07, 6.45) is 0.938. The van der Waals surface area contributed by atoms with Crippen LogP contribution in [0, 0.1) is 5.82 Å². The van der Waals surface area contributed by atoms with Gasteiger partial charge in [-0.3, -0.25) is 9.69 Å². The van der Waals surface area contributed by atoms with Crippen LogP contribution in [-0.2, 0) is 21.2 Å². The van der Waals surface area contributed by atoms with Crippen LogP contribution in [0.4, 0.5) is 10.1 Å². The average Bonchev–Trinajstić information content (AvgIpc) is 2.74. The van der Waals surface area contributed by atoms with Crippen molar-refractivity contribution in [3.63, 3.8) is 0 Å². The Labute approximate surface area is 171 Å². The van der Waals surface area contributed by atoms with Crippen LogP contribution >= 0.6 is 0 Å². The lowest BCUT2D eigenvalue weighted by Gasteiger charge is -2.36. The summed E-state index contributed by atoms with van der Waals surface area (Å²) in [7, 11) is -3.74. The molecule has 1 saturated heterocycles. The molecule has 0 aliphatic carbocycles. The Morgan fingerprint density at radius 2 is 1.76 bits per heavy atom. The van der Waals surface area contributed by atoms with Gasteiger partial charge in [-0.05, 0) is 49.2 Å². The lowest BCUT2D eigenvalue weighted by molar-refractivity contribution is -0.121. The molecule has 0 saturated carbocycles. The summed E-state index contributed by atoms with van der Waals surface area (Å²) in [5.41, 5.74) is 1.94. The number of rotatable bonds is 6. The van der Waals surface area contributed by atoms with Crippen molar-refractivity contribution in [2.75, 3.05) is 31.5 Å². The van der Waals surface area contributed by atoms with E-state index in [-0.39, 0.29) is 29.9 Å². The molecule has 1 heterocycles. The van der Waals surface area contributed by atoms with Crippen molar-refractivity contribution >= 4 is 21.6 Å². The Hall–Kier alpha value is -2.29. The summed E-state index contributed by atoms with van der Waals surface area (Å²) in [6, 6.07) is 12.4. The molecule has 156 valence electrons. The summed E-state index contributed by atoms with van der Waals surface area (Å²) >= 11 is 0. The minimum atomic E-state index is -3.74. The molecule has 2 aromatic carbocycles. The summed E-state index contributed by atoms with van der Waals surface area (Å²) in [5, 5.41) is 2.91. The fourth-order valence-electron chi connectivity index (χ4n) is 3.34. The first-order valence-corrected chi connectivity index (χ1v) is 11.1. The highest BCUT2D eigenvalue weighted by Crippen LogP contribution is 2.19. The van der Waals surface area contributed by atoms with Crippen LogP contribution in [0.5, 0.6) is 0 Å².